The molecule has 1 heterocycles. The lowest BCUT2D eigenvalue weighted by Crippen LogP contribution is -2.36. The van der Waals surface area contributed by atoms with Crippen molar-refractivity contribution in [1.82, 2.24) is 14.9 Å². The van der Waals surface area contributed by atoms with Crippen molar-refractivity contribution in [2.75, 3.05) is 5.73 Å². The summed E-state index contributed by atoms with van der Waals surface area (Å²) in [5.74, 6) is 0.0864. The van der Waals surface area contributed by atoms with E-state index in [0.717, 1.165) is 25.7 Å². The molecule has 0 atom stereocenters. The number of nitrogens with one attached hydrogen (secondary N) is 2. The third-order valence-electron chi connectivity index (χ3n) is 2.85. The Labute approximate surface area is 94.7 Å². The minimum Gasteiger partial charge on any atom is -0.383 e. The second-order valence-electron chi connectivity index (χ2n) is 4.10. The number of aromatic amines is 1. The van der Waals surface area contributed by atoms with E-state index in [-0.39, 0.29) is 16.8 Å². The maximum Gasteiger partial charge on any atom is 0.246 e. The smallest absolute Gasteiger partial charge is 0.246 e. The standard InChI is InChI=1S/C9H16N4O2S/c10-9-8(6-11-12-9)16(14,15)13-7-4-2-1-3-5-7/h6-7,13H,1-5H2,(H3,10,11,12). The predicted octanol–water partition coefficient (Wildman–Crippen LogP) is 0.603. The molecule has 0 radical (unpaired) electrons. The van der Waals surface area contributed by atoms with Gasteiger partial charge in [0.25, 0.3) is 0 Å². The molecule has 16 heavy (non-hydrogen) atoms. The summed E-state index contributed by atoms with van der Waals surface area (Å²) in [6, 6.07) is 0.0352. The lowest BCUT2D eigenvalue weighted by Gasteiger charge is -2.22. The van der Waals surface area contributed by atoms with Crippen LogP contribution in [0, 0.1) is 0 Å². The summed E-state index contributed by atoms with van der Waals surface area (Å²) in [6.45, 7) is 0. The van der Waals surface area contributed by atoms with Gasteiger partial charge in [-0.3, -0.25) is 5.10 Å². The Kier molecular flexibility index (Phi) is 3.15. The van der Waals surface area contributed by atoms with Crippen molar-refractivity contribution < 1.29 is 8.42 Å². The van der Waals surface area contributed by atoms with Gasteiger partial charge in [-0.1, -0.05) is 19.3 Å². The molecule has 0 saturated heterocycles. The van der Waals surface area contributed by atoms with Crippen LogP contribution in [0.4, 0.5) is 5.82 Å². The fourth-order valence-electron chi connectivity index (χ4n) is 2.00. The van der Waals surface area contributed by atoms with Crippen molar-refractivity contribution in [2.24, 2.45) is 0 Å². The number of aromatic nitrogens is 2. The minimum absolute atomic E-state index is 0.0352. The number of sulfonamides is 1. The third-order valence-corrected chi connectivity index (χ3v) is 4.40. The molecule has 0 aliphatic heterocycles. The van der Waals surface area contributed by atoms with Gasteiger partial charge >= 0.3 is 0 Å². The number of hydrogen-bond donors (Lipinski definition) is 3. The van der Waals surface area contributed by atoms with E-state index in [1.165, 1.54) is 12.6 Å². The lowest BCUT2D eigenvalue weighted by atomic mass is 9.96. The molecule has 90 valence electrons. The summed E-state index contributed by atoms with van der Waals surface area (Å²) in [7, 11) is -3.52. The number of nitrogen functional groups attached to an aromatic ring is 1. The van der Waals surface area contributed by atoms with Gasteiger partial charge in [0.1, 0.15) is 10.7 Å². The molecule has 1 aromatic heterocycles. The highest BCUT2D eigenvalue weighted by Crippen LogP contribution is 2.21. The number of hydrogen-bond acceptors (Lipinski definition) is 4. The van der Waals surface area contributed by atoms with Gasteiger partial charge in [0.2, 0.25) is 10.0 Å². The van der Waals surface area contributed by atoms with E-state index < -0.39 is 10.0 Å². The first kappa shape index (κ1) is 11.4. The van der Waals surface area contributed by atoms with Gasteiger partial charge in [-0.15, -0.1) is 0 Å². The summed E-state index contributed by atoms with van der Waals surface area (Å²) in [6.07, 6.45) is 6.38. The predicted molar refractivity (Wildman–Crippen MR) is 60.2 cm³/mol. The van der Waals surface area contributed by atoms with Crippen molar-refractivity contribution in [1.29, 1.82) is 0 Å². The molecule has 4 N–H and O–H groups in total. The fraction of sp³-hybridized carbons (Fsp3) is 0.667. The molecule has 0 aromatic carbocycles. The molecule has 1 fully saturated rings. The minimum atomic E-state index is -3.52. The molecule has 2 rings (SSSR count). The van der Waals surface area contributed by atoms with Crippen LogP contribution in [-0.4, -0.2) is 24.7 Å². The molecule has 1 aromatic rings. The highest BCUT2D eigenvalue weighted by atomic mass is 32.2. The van der Waals surface area contributed by atoms with Crippen LogP contribution in [0.25, 0.3) is 0 Å². The van der Waals surface area contributed by atoms with Crippen molar-refractivity contribution in [2.45, 2.75) is 43.0 Å². The van der Waals surface area contributed by atoms with Crippen LogP contribution < -0.4 is 10.5 Å². The van der Waals surface area contributed by atoms with E-state index in [1.54, 1.807) is 0 Å². The third kappa shape index (κ3) is 2.35. The molecule has 0 spiro atoms. The van der Waals surface area contributed by atoms with Gasteiger partial charge in [0.05, 0.1) is 6.20 Å². The average Bonchev–Trinajstić information content (AvgIpc) is 2.66. The summed E-state index contributed by atoms with van der Waals surface area (Å²) in [5.41, 5.74) is 5.49. The second kappa shape index (κ2) is 4.42. The van der Waals surface area contributed by atoms with Crippen molar-refractivity contribution in [3.05, 3.63) is 6.20 Å². The van der Waals surface area contributed by atoms with Crippen LogP contribution in [0.3, 0.4) is 0 Å². The van der Waals surface area contributed by atoms with Gasteiger partial charge in [0, 0.05) is 6.04 Å². The average molecular weight is 244 g/mol. The molecule has 6 nitrogen and oxygen atoms in total. The van der Waals surface area contributed by atoms with E-state index >= 15 is 0 Å². The Balaban J connectivity index is 2.11. The lowest BCUT2D eigenvalue weighted by molar-refractivity contribution is 0.412. The Bertz CT molecular complexity index is 448. The largest absolute Gasteiger partial charge is 0.383 e. The molecular weight excluding hydrogens is 228 g/mol. The normalized spacial score (nSPS) is 18.8. The summed E-state index contributed by atoms with van der Waals surface area (Å²) >= 11 is 0. The first-order valence-corrected chi connectivity index (χ1v) is 6.89. The van der Waals surface area contributed by atoms with E-state index in [4.69, 9.17) is 5.73 Å². The van der Waals surface area contributed by atoms with Crippen LogP contribution in [0.2, 0.25) is 0 Å². The maximum atomic E-state index is 11.9. The highest BCUT2D eigenvalue weighted by Gasteiger charge is 2.24. The molecule has 0 bridgehead atoms. The molecule has 1 aliphatic carbocycles. The molecule has 0 amide bonds. The second-order valence-corrected chi connectivity index (χ2v) is 5.79. The van der Waals surface area contributed by atoms with E-state index in [2.05, 4.69) is 14.9 Å². The quantitative estimate of drug-likeness (QED) is 0.724. The Morgan fingerprint density at radius 2 is 2.06 bits per heavy atom. The number of nitrogens with two attached hydrogens (primary N) is 1. The molecular formula is C9H16N4O2S. The summed E-state index contributed by atoms with van der Waals surface area (Å²) < 4.78 is 26.5. The zero-order valence-electron chi connectivity index (χ0n) is 8.94. The Morgan fingerprint density at radius 1 is 1.38 bits per heavy atom. The van der Waals surface area contributed by atoms with E-state index in [1.807, 2.05) is 0 Å². The van der Waals surface area contributed by atoms with Crippen LogP contribution >= 0.6 is 0 Å². The first-order chi connectivity index (χ1) is 7.59. The van der Waals surface area contributed by atoms with Crippen LogP contribution in [0.15, 0.2) is 11.1 Å². The summed E-state index contributed by atoms with van der Waals surface area (Å²) in [4.78, 5) is 0.0399. The fourth-order valence-corrected chi connectivity index (χ4v) is 3.33. The molecule has 1 saturated carbocycles. The van der Waals surface area contributed by atoms with Gasteiger partial charge in [-0.25, -0.2) is 13.1 Å². The maximum absolute atomic E-state index is 11.9. The summed E-state index contributed by atoms with van der Waals surface area (Å²) in [5, 5.41) is 6.03. The van der Waals surface area contributed by atoms with Gasteiger partial charge in [-0.05, 0) is 12.8 Å². The zero-order chi connectivity index (χ0) is 11.6. The van der Waals surface area contributed by atoms with Crippen molar-refractivity contribution in [3.8, 4) is 0 Å². The number of nitrogens with zero attached hydrogens (tertiary/aromatic N) is 1. The van der Waals surface area contributed by atoms with Crippen molar-refractivity contribution >= 4 is 15.8 Å². The Hall–Kier alpha value is -1.08. The van der Waals surface area contributed by atoms with Crippen LogP contribution in [0.5, 0.6) is 0 Å². The number of anilines is 1. The van der Waals surface area contributed by atoms with Gasteiger partial charge < -0.3 is 5.73 Å². The van der Waals surface area contributed by atoms with Gasteiger partial charge in [-0.2, -0.15) is 5.10 Å². The van der Waals surface area contributed by atoms with E-state index in [9.17, 15) is 8.42 Å². The molecule has 7 heteroatoms. The Morgan fingerprint density at radius 3 is 2.62 bits per heavy atom. The highest BCUT2D eigenvalue weighted by molar-refractivity contribution is 7.89. The molecule has 0 unspecified atom stereocenters. The first-order valence-electron chi connectivity index (χ1n) is 5.41. The van der Waals surface area contributed by atoms with Crippen molar-refractivity contribution in [3.63, 3.8) is 0 Å². The monoisotopic (exact) mass is 244 g/mol. The van der Waals surface area contributed by atoms with Gasteiger partial charge in [0.15, 0.2) is 0 Å². The topological polar surface area (TPSA) is 101 Å². The SMILES string of the molecule is Nc1[nH]ncc1S(=O)(=O)NC1CCCCC1. The number of rotatable bonds is 3. The zero-order valence-corrected chi connectivity index (χ0v) is 9.76. The van der Waals surface area contributed by atoms with Crippen LogP contribution in [0.1, 0.15) is 32.1 Å². The van der Waals surface area contributed by atoms with E-state index in [0.29, 0.717) is 0 Å². The van der Waals surface area contributed by atoms with Crippen LogP contribution in [-0.2, 0) is 10.0 Å². The molecule has 1 aliphatic rings. The number of H-pyrrole nitrogens is 1.